The Morgan fingerprint density at radius 1 is 1.07 bits per heavy atom. The molecule has 0 spiro atoms. The minimum atomic E-state index is -4.09. The maximum Gasteiger partial charge on any atom is 0.389 e. The Kier molecular flexibility index (Phi) is 11.5. The molecule has 0 unspecified atom stereocenters. The summed E-state index contributed by atoms with van der Waals surface area (Å²) < 4.78 is 39.8. The molecule has 1 aromatic carbocycles. The van der Waals surface area contributed by atoms with Gasteiger partial charge in [0, 0.05) is 61.5 Å². The fourth-order valence-electron chi connectivity index (χ4n) is 5.94. The molecule has 6 nitrogen and oxygen atoms in total. The van der Waals surface area contributed by atoms with Crippen LogP contribution in [-0.4, -0.2) is 58.3 Å². The molecule has 41 heavy (non-hydrogen) atoms. The van der Waals surface area contributed by atoms with E-state index in [9.17, 15) is 13.2 Å². The molecule has 9 heteroatoms. The summed E-state index contributed by atoms with van der Waals surface area (Å²) in [5.74, 6) is 0.537. The van der Waals surface area contributed by atoms with E-state index in [4.69, 9.17) is 4.98 Å². The smallest absolute Gasteiger partial charge is 0.352 e. The van der Waals surface area contributed by atoms with Crippen LogP contribution in [0.15, 0.2) is 36.7 Å². The van der Waals surface area contributed by atoms with Gasteiger partial charge in [0.15, 0.2) is 0 Å². The predicted molar refractivity (Wildman–Crippen MR) is 162 cm³/mol. The van der Waals surface area contributed by atoms with Gasteiger partial charge < -0.3 is 15.2 Å². The normalized spacial score (nSPS) is 15.6. The van der Waals surface area contributed by atoms with Crippen LogP contribution in [0, 0.1) is 0 Å². The minimum absolute atomic E-state index is 0.00817. The molecule has 4 rings (SSSR count). The van der Waals surface area contributed by atoms with E-state index >= 15 is 0 Å². The number of unbranched alkanes of at least 4 members (excludes halogenated alkanes) is 1. The maximum atomic E-state index is 12.5. The molecule has 0 saturated heterocycles. The van der Waals surface area contributed by atoms with E-state index < -0.39 is 12.6 Å². The molecular formula is C32H47F3N6. The predicted octanol–water partition coefficient (Wildman–Crippen LogP) is 7.96. The second kappa shape index (κ2) is 15.0. The van der Waals surface area contributed by atoms with Crippen LogP contribution in [-0.2, 0) is 6.54 Å². The van der Waals surface area contributed by atoms with Gasteiger partial charge in [-0.25, -0.2) is 4.98 Å². The number of nitrogens with zero attached hydrogens (tertiary/aromatic N) is 4. The highest BCUT2D eigenvalue weighted by Crippen LogP contribution is 2.36. The third kappa shape index (κ3) is 9.17. The summed E-state index contributed by atoms with van der Waals surface area (Å²) in [6.45, 7) is 8.23. The Hall–Kier alpha value is -2.65. The van der Waals surface area contributed by atoms with Crippen LogP contribution in [0.3, 0.4) is 0 Å². The number of hydrogen-bond acceptors (Lipinski definition) is 5. The van der Waals surface area contributed by atoms with Crippen molar-refractivity contribution >= 4 is 17.0 Å². The van der Waals surface area contributed by atoms with Crippen molar-refractivity contribution in [2.45, 2.75) is 103 Å². The molecule has 1 saturated carbocycles. The number of benzene rings is 1. The Morgan fingerprint density at radius 2 is 1.83 bits per heavy atom. The third-order valence-corrected chi connectivity index (χ3v) is 8.15. The van der Waals surface area contributed by atoms with Crippen molar-refractivity contribution in [2.75, 3.05) is 32.0 Å². The zero-order valence-electron chi connectivity index (χ0n) is 24.9. The highest BCUT2D eigenvalue weighted by Gasteiger charge is 2.26. The highest BCUT2D eigenvalue weighted by molar-refractivity contribution is 5.94. The molecule has 1 atom stereocenters. The van der Waals surface area contributed by atoms with Crippen molar-refractivity contribution in [3.05, 3.63) is 42.2 Å². The third-order valence-electron chi connectivity index (χ3n) is 8.15. The van der Waals surface area contributed by atoms with Gasteiger partial charge in [-0.05, 0) is 63.7 Å². The standard InChI is InChI=1S/C32H47F3N6/c1-4-19-40(20-18-36-3)22-25-13-15-26(16-14-25)29-23-41(27-11-6-5-7-12-27)30-28(29)21-37-31(39-30)38-24(2)10-8-9-17-32(33,34)35/h13-16,21,23-24,27,36H,4-12,17-20,22H2,1-3H3,(H,37,38,39)/t24-/m1/s1. The lowest BCUT2D eigenvalue weighted by Crippen LogP contribution is -2.31. The van der Waals surface area contributed by atoms with E-state index in [-0.39, 0.29) is 12.5 Å². The lowest BCUT2D eigenvalue weighted by molar-refractivity contribution is -0.135. The van der Waals surface area contributed by atoms with Crippen molar-refractivity contribution in [1.82, 2.24) is 24.8 Å². The number of nitrogens with one attached hydrogen (secondary N) is 2. The van der Waals surface area contributed by atoms with Crippen LogP contribution < -0.4 is 10.6 Å². The molecule has 3 aromatic rings. The number of fused-ring (bicyclic) bond motifs is 1. The highest BCUT2D eigenvalue weighted by atomic mass is 19.4. The maximum absolute atomic E-state index is 12.5. The largest absolute Gasteiger partial charge is 0.389 e. The Labute approximate surface area is 243 Å². The van der Waals surface area contributed by atoms with E-state index in [0.29, 0.717) is 24.8 Å². The summed E-state index contributed by atoms with van der Waals surface area (Å²) in [6, 6.07) is 9.30. The van der Waals surface area contributed by atoms with Crippen molar-refractivity contribution in [2.24, 2.45) is 0 Å². The molecule has 1 fully saturated rings. The quantitative estimate of drug-likeness (QED) is 0.181. The SMILES string of the molecule is CCCN(CCNC)Cc1ccc(-c2cn(C3CCCCC3)c3nc(N[C@H](C)CCCCC(F)(F)F)ncc23)cc1. The number of alkyl halides is 3. The molecule has 0 radical (unpaired) electrons. The van der Waals surface area contributed by atoms with Crippen LogP contribution in [0.5, 0.6) is 0 Å². The van der Waals surface area contributed by atoms with Crippen LogP contribution in [0.25, 0.3) is 22.2 Å². The van der Waals surface area contributed by atoms with Crippen LogP contribution in [0.4, 0.5) is 19.1 Å². The lowest BCUT2D eigenvalue weighted by atomic mass is 9.95. The fraction of sp³-hybridized carbons (Fsp3) is 0.625. The summed E-state index contributed by atoms with van der Waals surface area (Å²) in [6.07, 6.45) is 7.80. The molecule has 1 aliphatic carbocycles. The zero-order chi connectivity index (χ0) is 29.2. The number of aromatic nitrogens is 3. The number of likely N-dealkylation sites (N-methyl/N-ethyl adjacent to an activating group) is 1. The zero-order valence-corrected chi connectivity index (χ0v) is 24.9. The summed E-state index contributed by atoms with van der Waals surface area (Å²) in [7, 11) is 1.99. The Bertz CT molecular complexity index is 1200. The molecule has 2 N–H and O–H groups in total. The molecule has 0 bridgehead atoms. The molecule has 226 valence electrons. The number of hydrogen-bond donors (Lipinski definition) is 2. The fourth-order valence-corrected chi connectivity index (χ4v) is 5.94. The molecule has 0 aliphatic heterocycles. The van der Waals surface area contributed by atoms with Gasteiger partial charge in [-0.1, -0.05) is 56.9 Å². The molecule has 0 amide bonds. The van der Waals surface area contributed by atoms with Crippen molar-refractivity contribution in [3.63, 3.8) is 0 Å². The summed E-state index contributed by atoms with van der Waals surface area (Å²) >= 11 is 0. The minimum Gasteiger partial charge on any atom is -0.352 e. The Morgan fingerprint density at radius 3 is 2.51 bits per heavy atom. The first kappa shape index (κ1) is 31.3. The van der Waals surface area contributed by atoms with E-state index in [1.54, 1.807) is 0 Å². The summed E-state index contributed by atoms with van der Waals surface area (Å²) in [5, 5.41) is 7.62. The molecule has 2 heterocycles. The lowest BCUT2D eigenvalue weighted by Gasteiger charge is -2.24. The topological polar surface area (TPSA) is 58.0 Å². The van der Waals surface area contributed by atoms with Gasteiger partial charge in [0.05, 0.1) is 0 Å². The van der Waals surface area contributed by atoms with Crippen LogP contribution in [0.1, 0.15) is 89.7 Å². The van der Waals surface area contributed by atoms with Crippen molar-refractivity contribution in [1.29, 1.82) is 0 Å². The van der Waals surface area contributed by atoms with Crippen molar-refractivity contribution in [3.8, 4) is 11.1 Å². The second-order valence-corrected chi connectivity index (χ2v) is 11.7. The van der Waals surface area contributed by atoms with Gasteiger partial charge in [0.25, 0.3) is 0 Å². The van der Waals surface area contributed by atoms with Gasteiger partial charge >= 0.3 is 6.18 Å². The van der Waals surface area contributed by atoms with Crippen molar-refractivity contribution < 1.29 is 13.2 Å². The molecule has 2 aromatic heterocycles. The van der Waals surface area contributed by atoms with E-state index in [1.807, 2.05) is 20.2 Å². The van der Waals surface area contributed by atoms with Gasteiger partial charge in [-0.2, -0.15) is 18.2 Å². The van der Waals surface area contributed by atoms with E-state index in [2.05, 4.69) is 62.5 Å². The number of rotatable bonds is 15. The average Bonchev–Trinajstić information content (AvgIpc) is 3.33. The first-order valence-corrected chi connectivity index (χ1v) is 15.4. The molecular weight excluding hydrogens is 525 g/mol. The van der Waals surface area contributed by atoms with Gasteiger partial charge in [-0.15, -0.1) is 0 Å². The number of halogens is 3. The van der Waals surface area contributed by atoms with Gasteiger partial charge in [0.2, 0.25) is 5.95 Å². The van der Waals surface area contributed by atoms with Crippen LogP contribution >= 0.6 is 0 Å². The second-order valence-electron chi connectivity index (χ2n) is 11.7. The average molecular weight is 573 g/mol. The first-order chi connectivity index (χ1) is 19.8. The van der Waals surface area contributed by atoms with Crippen LogP contribution in [0.2, 0.25) is 0 Å². The van der Waals surface area contributed by atoms with E-state index in [1.165, 1.54) is 24.8 Å². The monoisotopic (exact) mass is 572 g/mol. The first-order valence-electron chi connectivity index (χ1n) is 15.4. The van der Waals surface area contributed by atoms with E-state index in [0.717, 1.165) is 67.6 Å². The summed E-state index contributed by atoms with van der Waals surface area (Å²) in [4.78, 5) is 12.1. The Balaban J connectivity index is 1.53. The molecule has 1 aliphatic rings. The summed E-state index contributed by atoms with van der Waals surface area (Å²) in [5.41, 5.74) is 4.54. The number of anilines is 1. The van der Waals surface area contributed by atoms with Gasteiger partial charge in [-0.3, -0.25) is 4.90 Å². The van der Waals surface area contributed by atoms with Gasteiger partial charge in [0.1, 0.15) is 5.65 Å².